The normalized spacial score (nSPS) is 19.2. The van der Waals surface area contributed by atoms with E-state index in [4.69, 9.17) is 5.21 Å². The number of nitrogens with zero attached hydrogens (tertiary/aromatic N) is 2. The molecule has 1 aromatic rings. The molecule has 0 atom stereocenters. The van der Waals surface area contributed by atoms with E-state index in [1.807, 2.05) is 12.1 Å². The van der Waals surface area contributed by atoms with Crippen LogP contribution in [0.3, 0.4) is 0 Å². The first-order chi connectivity index (χ1) is 5.92. The maximum atomic E-state index is 8.70. The van der Waals surface area contributed by atoms with Gasteiger partial charge >= 0.3 is 0 Å². The molecule has 12 heavy (non-hydrogen) atoms. The molecule has 0 bridgehead atoms. The van der Waals surface area contributed by atoms with Crippen LogP contribution in [-0.4, -0.2) is 15.9 Å². The molecule has 0 amide bonds. The number of hydrogen-bond donors (Lipinski definition) is 1. The van der Waals surface area contributed by atoms with Crippen LogP contribution < -0.4 is 0 Å². The highest BCUT2D eigenvalue weighted by Gasteiger charge is 2.15. The molecule has 1 aliphatic carbocycles. The van der Waals surface area contributed by atoms with Crippen LogP contribution in [0.15, 0.2) is 23.5 Å². The highest BCUT2D eigenvalue weighted by atomic mass is 16.4. The molecule has 3 nitrogen and oxygen atoms in total. The van der Waals surface area contributed by atoms with Crippen LogP contribution in [0.25, 0.3) is 0 Å². The zero-order valence-electron chi connectivity index (χ0n) is 6.70. The quantitative estimate of drug-likeness (QED) is 0.465. The van der Waals surface area contributed by atoms with Crippen LogP contribution in [0.4, 0.5) is 0 Å². The Hall–Kier alpha value is -1.38. The molecule has 1 N–H and O–H groups in total. The lowest BCUT2D eigenvalue weighted by molar-refractivity contribution is 0.317. The summed E-state index contributed by atoms with van der Waals surface area (Å²) in [6, 6.07) is 3.83. The number of hydrogen-bond acceptors (Lipinski definition) is 3. The third-order valence-electron chi connectivity index (χ3n) is 2.15. The number of rotatable bonds is 0. The molecule has 0 fully saturated rings. The highest BCUT2D eigenvalue weighted by molar-refractivity contribution is 6.01. The van der Waals surface area contributed by atoms with Crippen LogP contribution in [0, 0.1) is 0 Å². The van der Waals surface area contributed by atoms with Crippen molar-refractivity contribution in [2.75, 3.05) is 0 Å². The minimum Gasteiger partial charge on any atom is -0.411 e. The fourth-order valence-electron chi connectivity index (χ4n) is 1.56. The van der Waals surface area contributed by atoms with Gasteiger partial charge in [-0.15, -0.1) is 0 Å². The van der Waals surface area contributed by atoms with Crippen LogP contribution >= 0.6 is 0 Å². The van der Waals surface area contributed by atoms with Crippen LogP contribution in [-0.2, 0) is 6.42 Å². The van der Waals surface area contributed by atoms with E-state index < -0.39 is 0 Å². The van der Waals surface area contributed by atoms with Crippen molar-refractivity contribution in [2.24, 2.45) is 5.16 Å². The topological polar surface area (TPSA) is 45.5 Å². The maximum Gasteiger partial charge on any atom is 0.0886 e. The fourth-order valence-corrected chi connectivity index (χ4v) is 1.56. The second-order valence-corrected chi connectivity index (χ2v) is 2.90. The fraction of sp³-hybridized carbons (Fsp3) is 0.333. The molecule has 1 heterocycles. The van der Waals surface area contributed by atoms with Gasteiger partial charge in [-0.3, -0.25) is 4.98 Å². The van der Waals surface area contributed by atoms with Crippen molar-refractivity contribution in [1.82, 2.24) is 4.98 Å². The standard InChI is InChI=1S/C9H10N2O/c12-11-9-5-1-4-8-7(9)3-2-6-10-8/h2-3,6,12H,1,4-5H2. The van der Waals surface area contributed by atoms with Gasteiger partial charge in [0.15, 0.2) is 0 Å². The summed E-state index contributed by atoms with van der Waals surface area (Å²) >= 11 is 0. The number of pyridine rings is 1. The second kappa shape index (κ2) is 2.93. The minimum absolute atomic E-state index is 0.768. The molecule has 1 aliphatic rings. The van der Waals surface area contributed by atoms with E-state index >= 15 is 0 Å². The average Bonchev–Trinajstić information content (AvgIpc) is 2.17. The highest BCUT2D eigenvalue weighted by Crippen LogP contribution is 2.18. The summed E-state index contributed by atoms with van der Waals surface area (Å²) in [5.41, 5.74) is 2.83. The van der Waals surface area contributed by atoms with Gasteiger partial charge in [-0.1, -0.05) is 5.16 Å². The van der Waals surface area contributed by atoms with Gasteiger partial charge in [0.05, 0.1) is 5.71 Å². The predicted octanol–water partition coefficient (Wildman–Crippen LogP) is 1.60. The Balaban J connectivity index is 2.51. The first kappa shape index (κ1) is 7.28. The summed E-state index contributed by atoms with van der Waals surface area (Å²) in [6.07, 6.45) is 4.66. The van der Waals surface area contributed by atoms with E-state index in [2.05, 4.69) is 10.1 Å². The van der Waals surface area contributed by atoms with Crippen molar-refractivity contribution in [3.8, 4) is 0 Å². The molecule has 0 radical (unpaired) electrons. The van der Waals surface area contributed by atoms with Crippen molar-refractivity contribution in [3.63, 3.8) is 0 Å². The number of fused-ring (bicyclic) bond motifs is 1. The molecule has 3 heteroatoms. The van der Waals surface area contributed by atoms with E-state index in [0.717, 1.165) is 36.2 Å². The lowest BCUT2D eigenvalue weighted by atomic mass is 9.94. The second-order valence-electron chi connectivity index (χ2n) is 2.90. The van der Waals surface area contributed by atoms with E-state index in [9.17, 15) is 0 Å². The van der Waals surface area contributed by atoms with Crippen LogP contribution in [0.5, 0.6) is 0 Å². The third kappa shape index (κ3) is 1.07. The summed E-state index contributed by atoms with van der Waals surface area (Å²) in [4.78, 5) is 4.23. The number of aromatic nitrogens is 1. The van der Waals surface area contributed by atoms with E-state index in [1.54, 1.807) is 6.20 Å². The van der Waals surface area contributed by atoms with Crippen LogP contribution in [0.2, 0.25) is 0 Å². The van der Waals surface area contributed by atoms with Gasteiger partial charge < -0.3 is 5.21 Å². The molecule has 0 saturated heterocycles. The predicted molar refractivity (Wildman–Crippen MR) is 45.5 cm³/mol. The summed E-state index contributed by atoms with van der Waals surface area (Å²) in [5.74, 6) is 0. The van der Waals surface area contributed by atoms with Crippen molar-refractivity contribution in [2.45, 2.75) is 19.3 Å². The minimum atomic E-state index is 0.768. The van der Waals surface area contributed by atoms with Gasteiger partial charge in [0.25, 0.3) is 0 Å². The van der Waals surface area contributed by atoms with Crippen LogP contribution in [0.1, 0.15) is 24.1 Å². The molecular weight excluding hydrogens is 152 g/mol. The smallest absolute Gasteiger partial charge is 0.0886 e. The monoisotopic (exact) mass is 162 g/mol. The molecule has 62 valence electrons. The lowest BCUT2D eigenvalue weighted by Gasteiger charge is -2.14. The van der Waals surface area contributed by atoms with Gasteiger partial charge in [0.1, 0.15) is 0 Å². The van der Waals surface area contributed by atoms with E-state index in [-0.39, 0.29) is 0 Å². The zero-order chi connectivity index (χ0) is 8.39. The van der Waals surface area contributed by atoms with Crippen molar-refractivity contribution < 1.29 is 5.21 Å². The van der Waals surface area contributed by atoms with Gasteiger partial charge in [0, 0.05) is 17.5 Å². The first-order valence-electron chi connectivity index (χ1n) is 4.07. The third-order valence-corrected chi connectivity index (χ3v) is 2.15. The molecule has 1 aromatic heterocycles. The van der Waals surface area contributed by atoms with Gasteiger partial charge in [0.2, 0.25) is 0 Å². The Kier molecular flexibility index (Phi) is 1.78. The van der Waals surface area contributed by atoms with E-state index in [1.165, 1.54) is 0 Å². The maximum absolute atomic E-state index is 8.70. The summed E-state index contributed by atoms with van der Waals surface area (Å²) in [5, 5.41) is 12.0. The van der Waals surface area contributed by atoms with Gasteiger partial charge in [-0.2, -0.15) is 0 Å². The Morgan fingerprint density at radius 3 is 3.17 bits per heavy atom. The molecule has 2 rings (SSSR count). The number of aryl methyl sites for hydroxylation is 1. The van der Waals surface area contributed by atoms with Gasteiger partial charge in [-0.05, 0) is 31.4 Å². The Bertz CT molecular complexity index is 320. The summed E-state index contributed by atoms with van der Waals surface area (Å²) in [7, 11) is 0. The van der Waals surface area contributed by atoms with Crippen molar-refractivity contribution in [1.29, 1.82) is 0 Å². The Morgan fingerprint density at radius 2 is 2.33 bits per heavy atom. The summed E-state index contributed by atoms with van der Waals surface area (Å²) < 4.78 is 0. The molecule has 0 aliphatic heterocycles. The largest absolute Gasteiger partial charge is 0.411 e. The molecule has 0 saturated carbocycles. The first-order valence-corrected chi connectivity index (χ1v) is 4.07. The van der Waals surface area contributed by atoms with Gasteiger partial charge in [-0.25, -0.2) is 0 Å². The summed E-state index contributed by atoms with van der Waals surface area (Å²) in [6.45, 7) is 0. The molecule has 0 spiro atoms. The Morgan fingerprint density at radius 1 is 1.42 bits per heavy atom. The van der Waals surface area contributed by atoms with E-state index in [0.29, 0.717) is 0 Å². The zero-order valence-corrected chi connectivity index (χ0v) is 6.70. The van der Waals surface area contributed by atoms with Crippen molar-refractivity contribution in [3.05, 3.63) is 29.6 Å². The Labute approximate surface area is 70.7 Å². The number of oxime groups is 1. The molecule has 0 unspecified atom stereocenters. The SMILES string of the molecule is ON=C1CCCc2ncccc21. The average molecular weight is 162 g/mol. The lowest BCUT2D eigenvalue weighted by Crippen LogP contribution is -2.12. The molecular formula is C9H10N2O. The molecule has 0 aromatic carbocycles. The van der Waals surface area contributed by atoms with Crippen molar-refractivity contribution >= 4 is 5.71 Å².